The summed E-state index contributed by atoms with van der Waals surface area (Å²) >= 11 is 1.31. The molecule has 1 aliphatic heterocycles. The molecule has 134 valence electrons. The molecule has 2 aliphatic rings. The minimum absolute atomic E-state index is 0.0480. The molecule has 0 amide bonds. The first-order valence-corrected chi connectivity index (χ1v) is 8.89. The van der Waals surface area contributed by atoms with Gasteiger partial charge in [0.05, 0.1) is 44.5 Å². The van der Waals surface area contributed by atoms with Gasteiger partial charge in [-0.15, -0.1) is 11.8 Å². The molecule has 0 radical (unpaired) electrons. The first-order valence-electron chi connectivity index (χ1n) is 7.90. The van der Waals surface area contributed by atoms with Crippen molar-refractivity contribution >= 4 is 23.3 Å². The number of ether oxygens (including phenoxy) is 5. The lowest BCUT2D eigenvalue weighted by Crippen LogP contribution is -2.24. The predicted molar refractivity (Wildman–Crippen MR) is 87.6 cm³/mol. The van der Waals surface area contributed by atoms with Crippen LogP contribution in [0.25, 0.3) is 0 Å². The summed E-state index contributed by atoms with van der Waals surface area (Å²) in [4.78, 5) is 25.1. The number of hydrogen-bond donors (Lipinski definition) is 0. The molecule has 0 spiro atoms. The molecular weight excluding hydrogens is 336 g/mol. The molecule has 0 saturated carbocycles. The summed E-state index contributed by atoms with van der Waals surface area (Å²) in [5.74, 6) is -0.117. The average molecular weight is 358 g/mol. The van der Waals surface area contributed by atoms with Gasteiger partial charge in [-0.25, -0.2) is 0 Å². The van der Waals surface area contributed by atoms with Crippen LogP contribution >= 0.6 is 11.8 Å². The second-order valence-corrected chi connectivity index (χ2v) is 6.13. The molecule has 8 heteroatoms. The molecule has 0 aromatic heterocycles. The highest BCUT2D eigenvalue weighted by atomic mass is 32.2. The summed E-state index contributed by atoms with van der Waals surface area (Å²) in [7, 11) is 0. The zero-order valence-electron chi connectivity index (χ0n) is 13.7. The van der Waals surface area contributed by atoms with Crippen molar-refractivity contribution in [2.45, 2.75) is 6.92 Å². The topological polar surface area (TPSA) is 80.3 Å². The summed E-state index contributed by atoms with van der Waals surface area (Å²) in [5.41, 5.74) is 0. The Morgan fingerprint density at radius 2 is 1.33 bits per heavy atom. The third-order valence-corrected chi connectivity index (χ3v) is 4.02. The normalized spacial score (nSPS) is 21.8. The molecule has 1 heterocycles. The Morgan fingerprint density at radius 1 is 0.833 bits per heavy atom. The van der Waals surface area contributed by atoms with Gasteiger partial charge in [0.25, 0.3) is 0 Å². The van der Waals surface area contributed by atoms with E-state index in [0.29, 0.717) is 43.7 Å². The highest BCUT2D eigenvalue weighted by Gasteiger charge is 2.31. The molecule has 0 fully saturated rings. The number of hydrogen-bond acceptors (Lipinski definition) is 8. The lowest BCUT2D eigenvalue weighted by atomic mass is 10.1. The van der Waals surface area contributed by atoms with Crippen LogP contribution < -0.4 is 0 Å². The number of thioether (sulfide) groups is 1. The van der Waals surface area contributed by atoms with Crippen molar-refractivity contribution in [3.8, 4) is 0 Å². The fraction of sp³-hybridized carbons (Fsp3) is 0.625. The molecule has 0 aromatic carbocycles. The molecule has 0 N–H and O–H groups in total. The van der Waals surface area contributed by atoms with Gasteiger partial charge in [-0.05, 0) is 5.75 Å². The largest absolute Gasteiger partial charge is 0.484 e. The Balaban J connectivity index is 2.08. The van der Waals surface area contributed by atoms with Crippen LogP contribution in [0.3, 0.4) is 0 Å². The highest BCUT2D eigenvalue weighted by Crippen LogP contribution is 2.28. The van der Waals surface area contributed by atoms with E-state index < -0.39 is 0 Å². The van der Waals surface area contributed by atoms with Gasteiger partial charge in [0, 0.05) is 6.08 Å². The Hall–Kier alpha value is -1.35. The van der Waals surface area contributed by atoms with E-state index in [9.17, 15) is 9.59 Å². The Bertz CT molecular complexity index is 513. The van der Waals surface area contributed by atoms with Crippen molar-refractivity contribution in [2.75, 3.05) is 58.6 Å². The van der Waals surface area contributed by atoms with E-state index in [1.165, 1.54) is 17.8 Å². The highest BCUT2D eigenvalue weighted by molar-refractivity contribution is 8.04. The number of rotatable bonds is 2. The van der Waals surface area contributed by atoms with Gasteiger partial charge in [0.15, 0.2) is 0 Å². The number of carbonyl (C=O) groups excluding carboxylic acids is 2. The molecule has 0 atom stereocenters. The number of allylic oxidation sites excluding steroid dienone is 2. The maximum Gasteiger partial charge on any atom is 0.238 e. The number of ketones is 2. The minimum atomic E-state index is -0.367. The van der Waals surface area contributed by atoms with Crippen LogP contribution in [0.5, 0.6) is 0 Å². The van der Waals surface area contributed by atoms with Crippen LogP contribution in [0.2, 0.25) is 0 Å². The van der Waals surface area contributed by atoms with Crippen molar-refractivity contribution in [1.29, 1.82) is 0 Å². The number of carbonyl (C=O) groups is 2. The first-order chi connectivity index (χ1) is 11.7. The Labute approximate surface area is 145 Å². The van der Waals surface area contributed by atoms with Crippen molar-refractivity contribution < 1.29 is 33.3 Å². The summed E-state index contributed by atoms with van der Waals surface area (Å²) in [6, 6.07) is 0. The van der Waals surface area contributed by atoms with E-state index in [-0.39, 0.29) is 42.9 Å². The molecule has 2 rings (SSSR count). The summed E-state index contributed by atoms with van der Waals surface area (Å²) in [6.07, 6.45) is 1.30. The molecule has 24 heavy (non-hydrogen) atoms. The van der Waals surface area contributed by atoms with Crippen molar-refractivity contribution in [1.82, 2.24) is 0 Å². The van der Waals surface area contributed by atoms with E-state index in [1.807, 2.05) is 6.92 Å². The second kappa shape index (κ2) is 10.5. The second-order valence-electron chi connectivity index (χ2n) is 4.83. The van der Waals surface area contributed by atoms with Gasteiger partial charge >= 0.3 is 0 Å². The smallest absolute Gasteiger partial charge is 0.238 e. The van der Waals surface area contributed by atoms with Crippen LogP contribution in [0.1, 0.15) is 6.92 Å². The quantitative estimate of drug-likeness (QED) is 0.679. The zero-order valence-corrected chi connectivity index (χ0v) is 14.5. The minimum Gasteiger partial charge on any atom is -0.484 e. The third kappa shape index (κ3) is 5.62. The third-order valence-electron chi connectivity index (χ3n) is 3.11. The lowest BCUT2D eigenvalue weighted by molar-refractivity contribution is -0.121. The molecule has 7 nitrogen and oxygen atoms in total. The maximum atomic E-state index is 12.5. The van der Waals surface area contributed by atoms with Crippen molar-refractivity contribution in [3.05, 3.63) is 22.5 Å². The molecule has 0 bridgehead atoms. The maximum absolute atomic E-state index is 12.5. The number of Topliss-reactive ketones (excluding diaryl/α,β-unsaturated/α-hetero) is 1. The van der Waals surface area contributed by atoms with Gasteiger partial charge in [-0.3, -0.25) is 9.59 Å². The van der Waals surface area contributed by atoms with E-state index >= 15 is 0 Å². The predicted octanol–water partition coefficient (Wildman–Crippen LogP) is 1.08. The summed E-state index contributed by atoms with van der Waals surface area (Å²) in [5, 5.41) is 0. The monoisotopic (exact) mass is 358 g/mol. The van der Waals surface area contributed by atoms with E-state index in [4.69, 9.17) is 23.7 Å². The van der Waals surface area contributed by atoms with E-state index in [2.05, 4.69) is 0 Å². The van der Waals surface area contributed by atoms with Crippen LogP contribution in [0, 0.1) is 0 Å². The van der Waals surface area contributed by atoms with Gasteiger partial charge in [-0.1, -0.05) is 6.92 Å². The van der Waals surface area contributed by atoms with Crippen LogP contribution in [-0.2, 0) is 33.3 Å². The molecular formula is C16H22O7S. The molecule has 0 saturated heterocycles. The van der Waals surface area contributed by atoms with Crippen LogP contribution in [-0.4, -0.2) is 70.2 Å². The Kier molecular flexibility index (Phi) is 8.31. The Morgan fingerprint density at radius 3 is 1.88 bits per heavy atom. The zero-order chi connectivity index (χ0) is 17.2. The summed E-state index contributed by atoms with van der Waals surface area (Å²) in [6.45, 7) is 4.58. The van der Waals surface area contributed by atoms with Crippen LogP contribution in [0.4, 0.5) is 0 Å². The van der Waals surface area contributed by atoms with Crippen molar-refractivity contribution in [3.63, 3.8) is 0 Å². The van der Waals surface area contributed by atoms with Gasteiger partial charge < -0.3 is 23.7 Å². The summed E-state index contributed by atoms with van der Waals surface area (Å²) < 4.78 is 27.0. The van der Waals surface area contributed by atoms with Gasteiger partial charge in [0.2, 0.25) is 23.1 Å². The fourth-order valence-corrected chi connectivity index (χ4v) is 2.78. The molecule has 0 unspecified atom stereocenters. The lowest BCUT2D eigenvalue weighted by Gasteiger charge is -2.19. The molecule has 1 aliphatic carbocycles. The first kappa shape index (κ1) is 19.0. The SMILES string of the molecule is CCSC1=CC(=O)C2=C(OCCOCCOCCOCCO2)C1=O. The fourth-order valence-electron chi connectivity index (χ4n) is 2.05. The van der Waals surface area contributed by atoms with Gasteiger partial charge in [0.1, 0.15) is 13.2 Å². The van der Waals surface area contributed by atoms with Crippen molar-refractivity contribution in [2.24, 2.45) is 0 Å². The van der Waals surface area contributed by atoms with Gasteiger partial charge in [-0.2, -0.15) is 0 Å². The van der Waals surface area contributed by atoms with E-state index in [0.717, 1.165) is 0 Å². The van der Waals surface area contributed by atoms with Crippen LogP contribution in [0.15, 0.2) is 22.5 Å². The average Bonchev–Trinajstić information content (AvgIpc) is 2.58. The standard InChI is InChI=1S/C16H22O7S/c1-2-24-13-11-12(17)15-16(14(13)18)23-10-8-21-6-4-19-3-5-20-7-9-22-15/h11H,2-10H2,1H3. The van der Waals surface area contributed by atoms with E-state index in [1.54, 1.807) is 0 Å². The molecule has 0 aromatic rings.